The Bertz CT molecular complexity index is 632. The normalized spacial score (nSPS) is 11.7. The van der Waals surface area contributed by atoms with Crippen LogP contribution in [-0.2, 0) is 16.1 Å². The maximum absolute atomic E-state index is 12.0. The van der Waals surface area contributed by atoms with Crippen molar-refractivity contribution in [2.24, 2.45) is 0 Å². The molecule has 0 spiro atoms. The third-order valence-electron chi connectivity index (χ3n) is 2.82. The summed E-state index contributed by atoms with van der Waals surface area (Å²) < 4.78 is 7.18. The molecule has 2 aromatic heterocycles. The molecule has 0 aromatic carbocycles. The molecule has 0 radical (unpaired) electrons. The van der Waals surface area contributed by atoms with Gasteiger partial charge in [-0.3, -0.25) is 9.36 Å². The van der Waals surface area contributed by atoms with Gasteiger partial charge in [0.1, 0.15) is 0 Å². The molecule has 0 unspecified atom stereocenters. The minimum absolute atomic E-state index is 0.0125. The molecule has 2 aromatic rings. The van der Waals surface area contributed by atoms with E-state index < -0.39 is 0 Å². The molecule has 6 nitrogen and oxygen atoms in total. The van der Waals surface area contributed by atoms with E-state index in [4.69, 9.17) is 4.74 Å². The number of methoxy groups -OCH3 is 1. The van der Waals surface area contributed by atoms with E-state index >= 15 is 0 Å². The largest absolute Gasteiger partial charge is 0.383 e. The summed E-state index contributed by atoms with van der Waals surface area (Å²) in [6.07, 6.45) is 0. The standard InChI is InChI=1S/C15H22N4O2S2/c1-15(2,3)16-12(20)10-23-14-18-17-13(11-6-5-9-22-11)19(14)7-8-21-4/h5-6,9H,7-8,10H2,1-4H3,(H,16,20). The van der Waals surface area contributed by atoms with Crippen LogP contribution in [0.5, 0.6) is 0 Å². The number of aromatic nitrogens is 3. The second kappa shape index (κ2) is 7.94. The van der Waals surface area contributed by atoms with Gasteiger partial charge >= 0.3 is 0 Å². The van der Waals surface area contributed by atoms with Crippen molar-refractivity contribution >= 4 is 29.0 Å². The van der Waals surface area contributed by atoms with Crippen molar-refractivity contribution in [3.63, 3.8) is 0 Å². The van der Waals surface area contributed by atoms with Gasteiger partial charge in [-0.05, 0) is 32.2 Å². The van der Waals surface area contributed by atoms with E-state index in [1.165, 1.54) is 11.8 Å². The topological polar surface area (TPSA) is 69.0 Å². The molecule has 0 bridgehead atoms. The third kappa shape index (κ3) is 5.33. The van der Waals surface area contributed by atoms with Crippen LogP contribution in [0.15, 0.2) is 22.7 Å². The van der Waals surface area contributed by atoms with Crippen molar-refractivity contribution in [1.29, 1.82) is 0 Å². The molecular weight excluding hydrogens is 332 g/mol. The summed E-state index contributed by atoms with van der Waals surface area (Å²) in [5.41, 5.74) is -0.233. The number of rotatable bonds is 7. The van der Waals surface area contributed by atoms with E-state index in [-0.39, 0.29) is 11.4 Å². The van der Waals surface area contributed by atoms with Crippen LogP contribution >= 0.6 is 23.1 Å². The summed E-state index contributed by atoms with van der Waals surface area (Å²) in [6, 6.07) is 4.00. The molecule has 2 heterocycles. The van der Waals surface area contributed by atoms with Crippen LogP contribution in [0.3, 0.4) is 0 Å². The first-order valence-electron chi connectivity index (χ1n) is 7.30. The van der Waals surface area contributed by atoms with Gasteiger partial charge < -0.3 is 10.1 Å². The Hall–Kier alpha value is -1.38. The van der Waals surface area contributed by atoms with E-state index in [2.05, 4.69) is 15.5 Å². The maximum Gasteiger partial charge on any atom is 0.230 e. The molecule has 0 aliphatic carbocycles. The molecule has 0 saturated carbocycles. The van der Waals surface area contributed by atoms with Crippen LogP contribution in [0, 0.1) is 0 Å². The first kappa shape index (κ1) is 18.0. The lowest BCUT2D eigenvalue weighted by atomic mass is 10.1. The summed E-state index contributed by atoms with van der Waals surface area (Å²) in [7, 11) is 1.67. The van der Waals surface area contributed by atoms with E-state index in [0.29, 0.717) is 18.9 Å². The molecule has 23 heavy (non-hydrogen) atoms. The molecule has 0 saturated heterocycles. The van der Waals surface area contributed by atoms with Crippen LogP contribution in [0.4, 0.5) is 0 Å². The van der Waals surface area contributed by atoms with E-state index in [1.54, 1.807) is 18.4 Å². The third-order valence-corrected chi connectivity index (χ3v) is 4.66. The fourth-order valence-electron chi connectivity index (χ4n) is 1.95. The summed E-state index contributed by atoms with van der Waals surface area (Å²) in [6.45, 7) is 7.11. The lowest BCUT2D eigenvalue weighted by Gasteiger charge is -2.20. The zero-order chi connectivity index (χ0) is 16.9. The van der Waals surface area contributed by atoms with Crippen LogP contribution < -0.4 is 5.32 Å². The average molecular weight is 355 g/mol. The SMILES string of the molecule is COCCn1c(SCC(=O)NC(C)(C)C)nnc1-c1cccs1. The number of hydrogen-bond acceptors (Lipinski definition) is 6. The fourth-order valence-corrected chi connectivity index (χ4v) is 3.43. The van der Waals surface area contributed by atoms with Crippen LogP contribution in [0.2, 0.25) is 0 Å². The summed E-state index contributed by atoms with van der Waals surface area (Å²) in [5.74, 6) is 1.12. The zero-order valence-electron chi connectivity index (χ0n) is 13.8. The van der Waals surface area contributed by atoms with Crippen LogP contribution in [0.25, 0.3) is 10.7 Å². The van der Waals surface area contributed by atoms with E-state index in [1.807, 2.05) is 42.9 Å². The molecule has 1 amide bonds. The van der Waals surface area contributed by atoms with Gasteiger partial charge in [0.2, 0.25) is 5.91 Å². The summed E-state index contributed by atoms with van der Waals surface area (Å²) >= 11 is 3.01. The lowest BCUT2D eigenvalue weighted by Crippen LogP contribution is -2.41. The number of carbonyl (C=O) groups excluding carboxylic acids is 1. The van der Waals surface area contributed by atoms with E-state index in [0.717, 1.165) is 15.9 Å². The van der Waals surface area contributed by atoms with Gasteiger partial charge in [0.05, 0.1) is 23.8 Å². The minimum Gasteiger partial charge on any atom is -0.383 e. The average Bonchev–Trinajstić information content (AvgIpc) is 3.10. The number of thioether (sulfide) groups is 1. The van der Waals surface area contributed by atoms with Crippen molar-refractivity contribution < 1.29 is 9.53 Å². The van der Waals surface area contributed by atoms with Gasteiger partial charge in [0, 0.05) is 12.6 Å². The highest BCUT2D eigenvalue weighted by molar-refractivity contribution is 7.99. The molecule has 0 aliphatic rings. The summed E-state index contributed by atoms with van der Waals surface area (Å²) in [5, 5.41) is 14.2. The number of nitrogens with one attached hydrogen (secondary N) is 1. The predicted octanol–water partition coefficient (Wildman–Crippen LogP) is 2.66. The zero-order valence-corrected chi connectivity index (χ0v) is 15.5. The van der Waals surface area contributed by atoms with Gasteiger partial charge in [-0.15, -0.1) is 21.5 Å². The smallest absolute Gasteiger partial charge is 0.230 e. The van der Waals surface area contributed by atoms with Crippen molar-refractivity contribution in [2.45, 2.75) is 38.0 Å². The van der Waals surface area contributed by atoms with Crippen LogP contribution in [0.1, 0.15) is 20.8 Å². The highest BCUT2D eigenvalue weighted by Crippen LogP contribution is 2.27. The first-order chi connectivity index (χ1) is 10.9. The Morgan fingerprint density at radius 1 is 1.43 bits per heavy atom. The molecule has 126 valence electrons. The molecule has 8 heteroatoms. The Balaban J connectivity index is 2.10. The van der Waals surface area contributed by atoms with Gasteiger partial charge in [-0.25, -0.2) is 0 Å². The number of amides is 1. The second-order valence-electron chi connectivity index (χ2n) is 6.01. The van der Waals surface area contributed by atoms with Crippen LogP contribution in [-0.4, -0.2) is 45.7 Å². The first-order valence-corrected chi connectivity index (χ1v) is 9.17. The number of nitrogens with zero attached hydrogens (tertiary/aromatic N) is 3. The quantitative estimate of drug-likeness (QED) is 0.774. The van der Waals surface area contributed by atoms with Crippen molar-refractivity contribution in [1.82, 2.24) is 20.1 Å². The van der Waals surface area contributed by atoms with Gasteiger partial charge in [0.25, 0.3) is 0 Å². The number of carbonyl (C=O) groups is 1. The Labute approximate surface area is 144 Å². The Kier molecular flexibility index (Phi) is 6.20. The molecular formula is C15H22N4O2S2. The monoisotopic (exact) mass is 354 g/mol. The molecule has 0 aliphatic heterocycles. The maximum atomic E-state index is 12.0. The van der Waals surface area contributed by atoms with Gasteiger partial charge in [0.15, 0.2) is 11.0 Å². The fraction of sp³-hybridized carbons (Fsp3) is 0.533. The Morgan fingerprint density at radius 2 is 2.22 bits per heavy atom. The van der Waals surface area contributed by atoms with Gasteiger partial charge in [-0.1, -0.05) is 17.8 Å². The minimum atomic E-state index is -0.233. The lowest BCUT2D eigenvalue weighted by molar-refractivity contribution is -0.119. The van der Waals surface area contributed by atoms with Gasteiger partial charge in [-0.2, -0.15) is 0 Å². The molecule has 0 fully saturated rings. The molecule has 2 rings (SSSR count). The van der Waals surface area contributed by atoms with E-state index in [9.17, 15) is 4.79 Å². The number of thiophene rings is 1. The predicted molar refractivity (Wildman–Crippen MR) is 93.8 cm³/mol. The van der Waals surface area contributed by atoms with Crippen molar-refractivity contribution in [3.05, 3.63) is 17.5 Å². The molecule has 0 atom stereocenters. The van der Waals surface area contributed by atoms with Crippen molar-refractivity contribution in [2.75, 3.05) is 19.5 Å². The van der Waals surface area contributed by atoms with Crippen molar-refractivity contribution in [3.8, 4) is 10.7 Å². The second-order valence-corrected chi connectivity index (χ2v) is 7.90. The highest BCUT2D eigenvalue weighted by Gasteiger charge is 2.18. The highest BCUT2D eigenvalue weighted by atomic mass is 32.2. The molecule has 1 N–H and O–H groups in total. The number of ether oxygens (including phenoxy) is 1. The Morgan fingerprint density at radius 3 is 2.83 bits per heavy atom. The summed E-state index contributed by atoms with van der Waals surface area (Å²) in [4.78, 5) is 13.0. The number of hydrogen-bond donors (Lipinski definition) is 1.